The average molecular weight is 572 g/mol. The second-order valence-electron chi connectivity index (χ2n) is 12.2. The lowest BCUT2D eigenvalue weighted by molar-refractivity contribution is -0.124. The van der Waals surface area contributed by atoms with Crippen LogP contribution in [-0.4, -0.2) is 69.5 Å². The fourth-order valence-electron chi connectivity index (χ4n) is 6.88. The molecular weight excluding hydrogens is 530 g/mol. The van der Waals surface area contributed by atoms with E-state index in [1.54, 1.807) is 17.7 Å². The molecule has 222 valence electrons. The van der Waals surface area contributed by atoms with E-state index < -0.39 is 5.54 Å². The molecular formula is C32H41N7O3. The lowest BCUT2D eigenvalue weighted by Crippen LogP contribution is -2.50. The number of carbonyl (C=O) groups is 2. The van der Waals surface area contributed by atoms with Crippen LogP contribution in [0.25, 0.3) is 22.2 Å². The smallest absolute Gasteiger partial charge is 0.317 e. The summed E-state index contributed by atoms with van der Waals surface area (Å²) < 4.78 is 1.62. The third kappa shape index (κ3) is 5.40. The number of carbonyl (C=O) groups excluding carboxylic acids is 2. The number of urea groups is 1. The minimum Gasteiger partial charge on any atom is -0.351 e. The maximum atomic E-state index is 14.2. The van der Waals surface area contributed by atoms with Crippen molar-refractivity contribution in [3.05, 3.63) is 52.4 Å². The Labute approximate surface area is 246 Å². The number of hydrogen-bond donors (Lipinski definition) is 3. The van der Waals surface area contributed by atoms with Crippen molar-refractivity contribution in [3.8, 4) is 11.1 Å². The molecule has 10 heteroatoms. The highest BCUT2D eigenvalue weighted by atomic mass is 16.2. The van der Waals surface area contributed by atoms with Crippen LogP contribution in [0.4, 0.5) is 10.7 Å². The van der Waals surface area contributed by atoms with Crippen LogP contribution in [0.5, 0.6) is 0 Å². The number of aryl methyl sites for hydroxylation is 1. The lowest BCUT2D eigenvalue weighted by Gasteiger charge is -2.34. The summed E-state index contributed by atoms with van der Waals surface area (Å²) in [7, 11) is 0. The zero-order valence-electron chi connectivity index (χ0n) is 24.6. The van der Waals surface area contributed by atoms with Gasteiger partial charge in [-0.2, -0.15) is 4.98 Å². The van der Waals surface area contributed by atoms with Gasteiger partial charge in [-0.1, -0.05) is 43.5 Å². The molecule has 10 nitrogen and oxygen atoms in total. The minimum atomic E-state index is -1.02. The van der Waals surface area contributed by atoms with Gasteiger partial charge in [0.25, 0.3) is 5.56 Å². The third-order valence-corrected chi connectivity index (χ3v) is 9.44. The molecule has 2 amide bonds. The van der Waals surface area contributed by atoms with Gasteiger partial charge >= 0.3 is 6.03 Å². The molecule has 0 unspecified atom stereocenters. The van der Waals surface area contributed by atoms with Gasteiger partial charge in [-0.25, -0.2) is 9.78 Å². The summed E-state index contributed by atoms with van der Waals surface area (Å²) in [5, 5.41) is 10.7. The number of benzene rings is 1. The summed E-state index contributed by atoms with van der Waals surface area (Å²) in [4.78, 5) is 51.6. The highest BCUT2D eigenvalue weighted by Gasteiger charge is 2.43. The van der Waals surface area contributed by atoms with E-state index in [1.165, 1.54) is 19.3 Å². The first-order valence-corrected chi connectivity index (χ1v) is 15.4. The van der Waals surface area contributed by atoms with Crippen molar-refractivity contribution in [3.63, 3.8) is 0 Å². The Morgan fingerprint density at radius 1 is 1.02 bits per heavy atom. The van der Waals surface area contributed by atoms with E-state index in [-0.39, 0.29) is 23.4 Å². The van der Waals surface area contributed by atoms with Gasteiger partial charge in [-0.3, -0.25) is 14.2 Å². The number of fused-ring (bicyclic) bond motifs is 1. The SMILES string of the molecule is CC(=O)[C@]1(n2c(=O)c(-c3ccccc3C)cc3cnc(NC4CCN(C(=O)NC5CCCCC5)CC4)nc32)CCNC1. The fourth-order valence-corrected chi connectivity index (χ4v) is 6.88. The Morgan fingerprint density at radius 3 is 2.48 bits per heavy atom. The second kappa shape index (κ2) is 11.8. The zero-order valence-corrected chi connectivity index (χ0v) is 24.6. The Hall–Kier alpha value is -3.79. The molecule has 0 spiro atoms. The number of nitrogens with one attached hydrogen (secondary N) is 3. The Balaban J connectivity index is 1.28. The maximum Gasteiger partial charge on any atom is 0.317 e. The van der Waals surface area contributed by atoms with E-state index in [2.05, 4.69) is 20.9 Å². The Kier molecular flexibility index (Phi) is 7.98. The molecule has 1 saturated carbocycles. The Bertz CT molecular complexity index is 1530. The summed E-state index contributed by atoms with van der Waals surface area (Å²) in [6.45, 7) is 5.88. The summed E-state index contributed by atoms with van der Waals surface area (Å²) in [5.41, 5.74) is 1.58. The molecule has 2 aliphatic heterocycles. The van der Waals surface area contributed by atoms with Gasteiger partial charge in [0.2, 0.25) is 5.95 Å². The molecule has 1 aliphatic carbocycles. The van der Waals surface area contributed by atoms with Crippen LogP contribution in [0.3, 0.4) is 0 Å². The van der Waals surface area contributed by atoms with E-state index >= 15 is 0 Å². The Morgan fingerprint density at radius 2 is 1.79 bits per heavy atom. The van der Waals surface area contributed by atoms with Gasteiger partial charge in [0.15, 0.2) is 5.78 Å². The topological polar surface area (TPSA) is 121 Å². The number of nitrogens with zero attached hydrogens (tertiary/aromatic N) is 4. The third-order valence-electron chi connectivity index (χ3n) is 9.44. The molecule has 3 aliphatic rings. The number of ketones is 1. The van der Waals surface area contributed by atoms with Crippen LogP contribution < -0.4 is 21.5 Å². The van der Waals surface area contributed by atoms with Gasteiger partial charge in [-0.15, -0.1) is 0 Å². The predicted octanol–water partition coefficient (Wildman–Crippen LogP) is 3.96. The standard InChI is InChI=1S/C32H41N7O3/c1-21-8-6-7-11-26(21)27-18-23-19-34-30(37-28(23)39(29(27)41)32(22(2)40)14-15-33-20-32)35-25-12-16-38(17-13-25)31(42)36-24-9-4-3-5-10-24/h6-8,11,18-19,24-25,33H,3-5,9-10,12-17,20H2,1-2H3,(H,36,42)(H,34,35,37)/t32-/m0/s1. The first-order valence-electron chi connectivity index (χ1n) is 15.4. The van der Waals surface area contributed by atoms with Gasteiger partial charge in [0.1, 0.15) is 11.2 Å². The van der Waals surface area contributed by atoms with Gasteiger partial charge in [0.05, 0.1) is 0 Å². The molecule has 2 saturated heterocycles. The molecule has 42 heavy (non-hydrogen) atoms. The fraction of sp³-hybridized carbons (Fsp3) is 0.531. The number of rotatable bonds is 6. The summed E-state index contributed by atoms with van der Waals surface area (Å²) >= 11 is 0. The normalized spacial score (nSPS) is 21.9. The van der Waals surface area contributed by atoms with Gasteiger partial charge in [-0.05, 0) is 69.7 Å². The second-order valence-corrected chi connectivity index (χ2v) is 12.2. The summed E-state index contributed by atoms with van der Waals surface area (Å²) in [6.07, 6.45) is 9.59. The molecule has 3 aromatic rings. The van der Waals surface area contributed by atoms with Crippen molar-refractivity contribution in [1.29, 1.82) is 0 Å². The van der Waals surface area contributed by atoms with Crippen LogP contribution in [0.2, 0.25) is 0 Å². The molecule has 4 heterocycles. The van der Waals surface area contributed by atoms with E-state index in [0.29, 0.717) is 61.2 Å². The number of aromatic nitrogens is 3. The zero-order chi connectivity index (χ0) is 29.3. The van der Waals surface area contributed by atoms with Crippen molar-refractivity contribution in [2.24, 2.45) is 0 Å². The van der Waals surface area contributed by atoms with Crippen LogP contribution in [-0.2, 0) is 10.3 Å². The van der Waals surface area contributed by atoms with E-state index in [0.717, 1.165) is 36.8 Å². The largest absolute Gasteiger partial charge is 0.351 e. The van der Waals surface area contributed by atoms with E-state index in [4.69, 9.17) is 4.98 Å². The van der Waals surface area contributed by atoms with Gasteiger partial charge in [0, 0.05) is 48.9 Å². The molecule has 0 bridgehead atoms. The molecule has 1 aromatic carbocycles. The number of Topliss-reactive ketones (excluding diaryl/α,β-unsaturated/α-hetero) is 1. The van der Waals surface area contributed by atoms with Crippen LogP contribution in [0.15, 0.2) is 41.3 Å². The number of piperidine rings is 1. The molecule has 0 radical (unpaired) electrons. The first kappa shape index (κ1) is 28.3. The predicted molar refractivity (Wildman–Crippen MR) is 164 cm³/mol. The molecule has 1 atom stereocenters. The molecule has 3 fully saturated rings. The molecule has 2 aromatic heterocycles. The monoisotopic (exact) mass is 571 g/mol. The summed E-state index contributed by atoms with van der Waals surface area (Å²) in [5.74, 6) is 0.360. The molecule has 3 N–H and O–H groups in total. The number of hydrogen-bond acceptors (Lipinski definition) is 7. The number of likely N-dealkylation sites (tertiary alicyclic amines) is 1. The van der Waals surface area contributed by atoms with Crippen molar-refractivity contribution in [2.45, 2.75) is 82.8 Å². The van der Waals surface area contributed by atoms with Crippen LogP contribution in [0, 0.1) is 6.92 Å². The average Bonchev–Trinajstić information content (AvgIpc) is 3.49. The lowest BCUT2D eigenvalue weighted by atomic mass is 9.91. The highest BCUT2D eigenvalue weighted by molar-refractivity contribution is 5.89. The molecule has 6 rings (SSSR count). The van der Waals surface area contributed by atoms with E-state index in [1.807, 2.05) is 42.2 Å². The number of pyridine rings is 1. The van der Waals surface area contributed by atoms with Crippen LogP contribution in [0.1, 0.15) is 63.9 Å². The first-order chi connectivity index (χ1) is 20.4. The van der Waals surface area contributed by atoms with Crippen molar-refractivity contribution in [1.82, 2.24) is 30.1 Å². The quantitative estimate of drug-likeness (QED) is 0.410. The van der Waals surface area contributed by atoms with Gasteiger partial charge < -0.3 is 20.9 Å². The maximum absolute atomic E-state index is 14.2. The summed E-state index contributed by atoms with van der Waals surface area (Å²) in [6, 6.07) is 10.1. The number of amides is 2. The van der Waals surface area contributed by atoms with Crippen molar-refractivity contribution in [2.75, 3.05) is 31.5 Å². The van der Waals surface area contributed by atoms with E-state index in [9.17, 15) is 14.4 Å². The van der Waals surface area contributed by atoms with Crippen LogP contribution >= 0.6 is 0 Å². The van der Waals surface area contributed by atoms with Crippen molar-refractivity contribution >= 4 is 28.8 Å². The van der Waals surface area contributed by atoms with Crippen molar-refractivity contribution < 1.29 is 9.59 Å². The minimum absolute atomic E-state index is 0.0375. The highest BCUT2D eigenvalue weighted by Crippen LogP contribution is 2.31. The number of anilines is 1.